The number of alkyl halides is 3. The zero-order valence-corrected chi connectivity index (χ0v) is 15.1. The van der Waals surface area contributed by atoms with E-state index in [1.165, 1.54) is 29.5 Å². The second-order valence-electron chi connectivity index (χ2n) is 6.96. The highest BCUT2D eigenvalue weighted by molar-refractivity contribution is 7.99. The van der Waals surface area contributed by atoms with Gasteiger partial charge in [-0.3, -0.25) is 0 Å². The fourth-order valence-electron chi connectivity index (χ4n) is 3.64. The number of rotatable bonds is 3. The molecule has 1 fully saturated rings. The molecule has 138 valence electrons. The first kappa shape index (κ1) is 17.7. The molecule has 6 heteroatoms. The molecule has 2 aliphatic heterocycles. The number of nitrogens with one attached hydrogen (secondary N) is 2. The number of anilines is 1. The van der Waals surface area contributed by atoms with Gasteiger partial charge in [-0.05, 0) is 61.2 Å². The van der Waals surface area contributed by atoms with Crippen molar-refractivity contribution in [2.75, 3.05) is 25.0 Å². The fraction of sp³-hybridized carbons (Fsp3) is 0.400. The largest absolute Gasteiger partial charge is 0.416 e. The molecule has 0 radical (unpaired) electrons. The summed E-state index contributed by atoms with van der Waals surface area (Å²) in [6, 6.07) is 10.5. The van der Waals surface area contributed by atoms with Gasteiger partial charge in [0.15, 0.2) is 0 Å². The molecular weight excluding hydrogens is 357 g/mol. The summed E-state index contributed by atoms with van der Waals surface area (Å²) in [5.41, 5.74) is 2.22. The minimum atomic E-state index is -4.34. The van der Waals surface area contributed by atoms with Gasteiger partial charge in [-0.25, -0.2) is 0 Å². The highest BCUT2D eigenvalue weighted by Crippen LogP contribution is 2.45. The van der Waals surface area contributed by atoms with Gasteiger partial charge in [0.2, 0.25) is 0 Å². The molecule has 2 aromatic rings. The third kappa shape index (κ3) is 3.71. The molecule has 0 unspecified atom stereocenters. The van der Waals surface area contributed by atoms with Crippen LogP contribution in [0.1, 0.15) is 29.5 Å². The zero-order chi connectivity index (χ0) is 18.1. The first-order valence-electron chi connectivity index (χ1n) is 8.95. The van der Waals surface area contributed by atoms with Crippen LogP contribution in [0.2, 0.25) is 0 Å². The van der Waals surface area contributed by atoms with E-state index in [9.17, 15) is 13.2 Å². The minimum Gasteiger partial charge on any atom is -0.384 e. The van der Waals surface area contributed by atoms with Crippen molar-refractivity contribution < 1.29 is 13.2 Å². The number of halogens is 3. The zero-order valence-electron chi connectivity index (χ0n) is 14.3. The summed E-state index contributed by atoms with van der Waals surface area (Å²) < 4.78 is 40.2. The SMILES string of the molecule is FC(F)(F)c1cc(NCC2CCNCC2)c2c(c1)Sc1ccccc1C2. The molecule has 0 spiro atoms. The minimum absolute atomic E-state index is 0.505. The van der Waals surface area contributed by atoms with Crippen molar-refractivity contribution in [1.82, 2.24) is 5.32 Å². The lowest BCUT2D eigenvalue weighted by molar-refractivity contribution is -0.137. The smallest absolute Gasteiger partial charge is 0.384 e. The third-order valence-electron chi connectivity index (χ3n) is 5.14. The second-order valence-corrected chi connectivity index (χ2v) is 8.04. The molecule has 26 heavy (non-hydrogen) atoms. The van der Waals surface area contributed by atoms with Crippen LogP contribution in [0.3, 0.4) is 0 Å². The number of fused-ring (bicyclic) bond motifs is 2. The van der Waals surface area contributed by atoms with Crippen LogP contribution in [0.5, 0.6) is 0 Å². The van der Waals surface area contributed by atoms with Crippen molar-refractivity contribution >= 4 is 17.4 Å². The number of hydrogen-bond acceptors (Lipinski definition) is 3. The Morgan fingerprint density at radius 1 is 1.08 bits per heavy atom. The van der Waals surface area contributed by atoms with Gasteiger partial charge in [0, 0.05) is 28.4 Å². The maximum absolute atomic E-state index is 13.4. The van der Waals surface area contributed by atoms with Crippen LogP contribution in [0, 0.1) is 5.92 Å². The maximum Gasteiger partial charge on any atom is 0.416 e. The number of benzene rings is 2. The van der Waals surface area contributed by atoms with Crippen molar-refractivity contribution in [3.63, 3.8) is 0 Å². The normalized spacial score (nSPS) is 17.5. The quantitative estimate of drug-likeness (QED) is 0.657. The molecule has 4 rings (SSSR count). The Hall–Kier alpha value is -1.66. The molecule has 2 aromatic carbocycles. The van der Waals surface area contributed by atoms with Crippen LogP contribution in [0.15, 0.2) is 46.2 Å². The van der Waals surface area contributed by atoms with Crippen LogP contribution in [-0.2, 0) is 12.6 Å². The summed E-state index contributed by atoms with van der Waals surface area (Å²) >= 11 is 1.44. The highest BCUT2D eigenvalue weighted by atomic mass is 32.2. The van der Waals surface area contributed by atoms with Gasteiger partial charge < -0.3 is 10.6 Å². The van der Waals surface area contributed by atoms with Crippen LogP contribution in [0.4, 0.5) is 18.9 Å². The second kappa shape index (κ2) is 7.16. The van der Waals surface area contributed by atoms with Crippen molar-refractivity contribution in [1.29, 1.82) is 0 Å². The monoisotopic (exact) mass is 378 g/mol. The van der Waals surface area contributed by atoms with E-state index in [0.29, 0.717) is 22.9 Å². The van der Waals surface area contributed by atoms with E-state index >= 15 is 0 Å². The number of hydrogen-bond donors (Lipinski definition) is 2. The van der Waals surface area contributed by atoms with Gasteiger partial charge in [-0.2, -0.15) is 13.2 Å². The third-order valence-corrected chi connectivity index (χ3v) is 6.34. The van der Waals surface area contributed by atoms with E-state index < -0.39 is 11.7 Å². The Labute approximate surface area is 155 Å². The van der Waals surface area contributed by atoms with Gasteiger partial charge >= 0.3 is 6.18 Å². The molecule has 2 heterocycles. The standard InChI is InChI=1S/C20H21F3N2S/c21-20(22,23)15-10-17(25-12-13-5-7-24-8-6-13)16-9-14-3-1-2-4-18(14)26-19(16)11-15/h1-4,10-11,13,24-25H,5-9,12H2. The maximum atomic E-state index is 13.4. The molecule has 0 saturated carbocycles. The first-order valence-corrected chi connectivity index (χ1v) is 9.77. The predicted octanol–water partition coefficient (Wildman–Crippen LogP) is 5.17. The molecule has 0 atom stereocenters. The lowest BCUT2D eigenvalue weighted by atomic mass is 9.96. The lowest BCUT2D eigenvalue weighted by Crippen LogP contribution is -2.31. The average Bonchev–Trinajstić information content (AvgIpc) is 2.64. The molecular formula is C20H21F3N2S. The van der Waals surface area contributed by atoms with Crippen LogP contribution in [-0.4, -0.2) is 19.6 Å². The van der Waals surface area contributed by atoms with E-state index in [1.807, 2.05) is 18.2 Å². The Balaban J connectivity index is 1.65. The number of piperidine rings is 1. The van der Waals surface area contributed by atoms with Gasteiger partial charge in [-0.15, -0.1) is 0 Å². The Morgan fingerprint density at radius 2 is 1.85 bits per heavy atom. The van der Waals surface area contributed by atoms with Gasteiger partial charge in [-0.1, -0.05) is 30.0 Å². The van der Waals surface area contributed by atoms with Crippen LogP contribution < -0.4 is 10.6 Å². The fourth-order valence-corrected chi connectivity index (χ4v) is 4.78. The van der Waals surface area contributed by atoms with Crippen molar-refractivity contribution in [3.8, 4) is 0 Å². The van der Waals surface area contributed by atoms with E-state index in [1.54, 1.807) is 0 Å². The van der Waals surface area contributed by atoms with Crippen molar-refractivity contribution in [2.45, 2.75) is 35.2 Å². The first-order chi connectivity index (χ1) is 12.5. The molecule has 1 saturated heterocycles. The van der Waals surface area contributed by atoms with Gasteiger partial charge in [0.25, 0.3) is 0 Å². The summed E-state index contributed by atoms with van der Waals surface area (Å²) in [4.78, 5) is 1.76. The van der Waals surface area contributed by atoms with Crippen LogP contribution in [0.25, 0.3) is 0 Å². The van der Waals surface area contributed by atoms with Gasteiger partial charge in [0.1, 0.15) is 0 Å². The summed E-state index contributed by atoms with van der Waals surface area (Å²) in [6.45, 7) is 2.69. The summed E-state index contributed by atoms with van der Waals surface area (Å²) in [7, 11) is 0. The Kier molecular flexibility index (Phi) is 4.88. The van der Waals surface area contributed by atoms with Crippen LogP contribution >= 0.6 is 11.8 Å². The van der Waals surface area contributed by atoms with E-state index in [-0.39, 0.29) is 0 Å². The molecule has 0 aromatic heterocycles. The predicted molar refractivity (Wildman–Crippen MR) is 98.9 cm³/mol. The van der Waals surface area contributed by atoms with Crippen molar-refractivity contribution in [3.05, 3.63) is 53.1 Å². The molecule has 2 aliphatic rings. The Morgan fingerprint density at radius 3 is 2.62 bits per heavy atom. The highest BCUT2D eigenvalue weighted by Gasteiger charge is 2.33. The molecule has 0 bridgehead atoms. The molecule has 0 aliphatic carbocycles. The average molecular weight is 378 g/mol. The lowest BCUT2D eigenvalue weighted by Gasteiger charge is -2.27. The van der Waals surface area contributed by atoms with E-state index in [2.05, 4.69) is 16.7 Å². The summed E-state index contributed by atoms with van der Waals surface area (Å²) in [5.74, 6) is 0.505. The molecule has 2 nitrogen and oxygen atoms in total. The summed E-state index contributed by atoms with van der Waals surface area (Å²) in [6.07, 6.45) is -1.54. The molecule has 0 amide bonds. The van der Waals surface area contributed by atoms with E-state index in [0.717, 1.165) is 42.9 Å². The summed E-state index contributed by atoms with van der Waals surface area (Å²) in [5, 5.41) is 6.67. The van der Waals surface area contributed by atoms with E-state index in [4.69, 9.17) is 0 Å². The Bertz CT molecular complexity index is 798. The van der Waals surface area contributed by atoms with Gasteiger partial charge in [0.05, 0.1) is 5.56 Å². The topological polar surface area (TPSA) is 24.1 Å². The molecule has 2 N–H and O–H groups in total. The van der Waals surface area contributed by atoms with Crippen molar-refractivity contribution in [2.24, 2.45) is 5.92 Å².